The number of nitrogens with zero attached hydrogens (tertiary/aromatic N) is 3. The Morgan fingerprint density at radius 2 is 1.89 bits per heavy atom. The summed E-state index contributed by atoms with van der Waals surface area (Å²) in [6, 6.07) is 4.23. The first-order chi connectivity index (χ1) is 13.1. The zero-order valence-electron chi connectivity index (χ0n) is 15.0. The average molecular weight is 376 g/mol. The van der Waals surface area contributed by atoms with Gasteiger partial charge in [-0.2, -0.15) is 0 Å². The molecule has 27 heavy (non-hydrogen) atoms. The van der Waals surface area contributed by atoms with Crippen molar-refractivity contribution in [3.05, 3.63) is 57.0 Å². The van der Waals surface area contributed by atoms with Gasteiger partial charge in [0.25, 0.3) is 5.56 Å². The first-order valence-electron chi connectivity index (χ1n) is 9.22. The SMILES string of the molecule is O=c1[nH]c(N2CCOCC2)nc2c1CCN(Cc1cccc(F)c1F)CC2. The maximum absolute atomic E-state index is 14.0. The molecule has 0 aliphatic carbocycles. The van der Waals surface area contributed by atoms with Crippen molar-refractivity contribution in [2.24, 2.45) is 0 Å². The Balaban J connectivity index is 1.51. The predicted octanol–water partition coefficient (Wildman–Crippen LogP) is 1.49. The fourth-order valence-electron chi connectivity index (χ4n) is 3.64. The normalized spacial score (nSPS) is 18.2. The number of aromatic nitrogens is 2. The summed E-state index contributed by atoms with van der Waals surface area (Å²) in [6.45, 7) is 4.19. The van der Waals surface area contributed by atoms with Gasteiger partial charge in [-0.3, -0.25) is 14.7 Å². The fourth-order valence-corrected chi connectivity index (χ4v) is 3.64. The summed E-state index contributed by atoms with van der Waals surface area (Å²) in [5, 5.41) is 0. The summed E-state index contributed by atoms with van der Waals surface area (Å²) in [5.41, 5.74) is 1.70. The highest BCUT2D eigenvalue weighted by atomic mass is 19.2. The number of nitrogens with one attached hydrogen (secondary N) is 1. The number of fused-ring (bicyclic) bond motifs is 1. The van der Waals surface area contributed by atoms with Gasteiger partial charge in [-0.25, -0.2) is 13.8 Å². The summed E-state index contributed by atoms with van der Waals surface area (Å²) >= 11 is 0. The highest BCUT2D eigenvalue weighted by molar-refractivity contribution is 5.34. The molecule has 0 radical (unpaired) electrons. The Morgan fingerprint density at radius 1 is 1.11 bits per heavy atom. The molecule has 2 aromatic rings. The predicted molar refractivity (Wildman–Crippen MR) is 96.9 cm³/mol. The van der Waals surface area contributed by atoms with Crippen LogP contribution in [0, 0.1) is 11.6 Å². The van der Waals surface area contributed by atoms with Crippen molar-refractivity contribution in [2.75, 3.05) is 44.3 Å². The zero-order valence-corrected chi connectivity index (χ0v) is 15.0. The van der Waals surface area contributed by atoms with E-state index in [-0.39, 0.29) is 5.56 Å². The molecule has 2 aliphatic heterocycles. The van der Waals surface area contributed by atoms with Crippen LogP contribution in [-0.4, -0.2) is 54.3 Å². The molecule has 0 bridgehead atoms. The molecule has 1 aromatic carbocycles. The summed E-state index contributed by atoms with van der Waals surface area (Å²) in [5.74, 6) is -1.05. The molecule has 4 rings (SSSR count). The van der Waals surface area contributed by atoms with E-state index in [0.717, 1.165) is 11.8 Å². The van der Waals surface area contributed by atoms with Gasteiger partial charge in [-0.1, -0.05) is 12.1 Å². The van der Waals surface area contributed by atoms with E-state index < -0.39 is 11.6 Å². The number of rotatable bonds is 3. The van der Waals surface area contributed by atoms with Crippen molar-refractivity contribution in [2.45, 2.75) is 19.4 Å². The largest absolute Gasteiger partial charge is 0.378 e. The number of ether oxygens (including phenoxy) is 1. The molecule has 0 amide bonds. The Hall–Kier alpha value is -2.32. The molecule has 144 valence electrons. The smallest absolute Gasteiger partial charge is 0.255 e. The number of anilines is 1. The van der Waals surface area contributed by atoms with Gasteiger partial charge < -0.3 is 9.64 Å². The van der Waals surface area contributed by atoms with Crippen LogP contribution in [0.5, 0.6) is 0 Å². The van der Waals surface area contributed by atoms with Gasteiger partial charge in [0.15, 0.2) is 11.6 Å². The molecule has 1 aromatic heterocycles. The van der Waals surface area contributed by atoms with Crippen LogP contribution < -0.4 is 10.5 Å². The molecule has 0 saturated carbocycles. The standard InChI is InChI=1S/C19H22F2N4O2/c20-15-3-1-2-13(17(15)21)12-24-6-4-14-16(5-7-24)22-19(23-18(14)26)25-8-10-27-11-9-25/h1-3H,4-12H2,(H,22,23,26). The minimum Gasteiger partial charge on any atom is -0.378 e. The molecule has 1 saturated heterocycles. The maximum atomic E-state index is 14.0. The van der Waals surface area contributed by atoms with Gasteiger partial charge in [0.05, 0.1) is 18.9 Å². The maximum Gasteiger partial charge on any atom is 0.255 e. The van der Waals surface area contributed by atoms with Crippen LogP contribution >= 0.6 is 0 Å². The van der Waals surface area contributed by atoms with Gasteiger partial charge in [-0.15, -0.1) is 0 Å². The lowest BCUT2D eigenvalue weighted by Crippen LogP contribution is -2.38. The number of hydrogen-bond acceptors (Lipinski definition) is 5. The highest BCUT2D eigenvalue weighted by Crippen LogP contribution is 2.18. The van der Waals surface area contributed by atoms with Crippen molar-refractivity contribution in [3.63, 3.8) is 0 Å². The Kier molecular flexibility index (Phi) is 5.18. The zero-order chi connectivity index (χ0) is 18.8. The molecule has 0 spiro atoms. The Morgan fingerprint density at radius 3 is 2.70 bits per heavy atom. The van der Waals surface area contributed by atoms with E-state index in [2.05, 4.69) is 9.97 Å². The van der Waals surface area contributed by atoms with Crippen LogP contribution in [0.4, 0.5) is 14.7 Å². The van der Waals surface area contributed by atoms with Crippen molar-refractivity contribution >= 4 is 5.95 Å². The highest BCUT2D eigenvalue weighted by Gasteiger charge is 2.22. The van der Waals surface area contributed by atoms with Crippen LogP contribution in [-0.2, 0) is 24.1 Å². The summed E-state index contributed by atoms with van der Waals surface area (Å²) < 4.78 is 32.7. The van der Waals surface area contributed by atoms with Gasteiger partial charge >= 0.3 is 0 Å². The van der Waals surface area contributed by atoms with Crippen LogP contribution in [0.1, 0.15) is 16.8 Å². The van der Waals surface area contributed by atoms with Crippen LogP contribution in [0.25, 0.3) is 0 Å². The lowest BCUT2D eigenvalue weighted by atomic mass is 10.1. The van der Waals surface area contributed by atoms with Crippen molar-refractivity contribution in [3.8, 4) is 0 Å². The average Bonchev–Trinajstić information content (AvgIpc) is 2.89. The topological polar surface area (TPSA) is 61.5 Å². The number of H-pyrrole nitrogens is 1. The second-order valence-electron chi connectivity index (χ2n) is 6.90. The van der Waals surface area contributed by atoms with E-state index in [1.165, 1.54) is 6.07 Å². The molecule has 1 fully saturated rings. The number of benzene rings is 1. The lowest BCUT2D eigenvalue weighted by Gasteiger charge is -2.27. The van der Waals surface area contributed by atoms with Gasteiger partial charge in [0.1, 0.15) is 0 Å². The second kappa shape index (κ2) is 7.74. The van der Waals surface area contributed by atoms with Gasteiger partial charge in [-0.05, 0) is 12.5 Å². The molecule has 1 N–H and O–H groups in total. The van der Waals surface area contributed by atoms with Crippen molar-refractivity contribution < 1.29 is 13.5 Å². The number of hydrogen-bond donors (Lipinski definition) is 1. The molecule has 0 atom stereocenters. The molecular formula is C19H22F2N4O2. The number of morpholine rings is 1. The molecule has 8 heteroatoms. The third kappa shape index (κ3) is 3.86. The Labute approximate surface area is 155 Å². The van der Waals surface area contributed by atoms with Crippen molar-refractivity contribution in [1.29, 1.82) is 0 Å². The minimum atomic E-state index is -0.834. The van der Waals surface area contributed by atoms with E-state index in [9.17, 15) is 13.6 Å². The number of aromatic amines is 1. The third-order valence-corrected chi connectivity index (χ3v) is 5.17. The summed E-state index contributed by atoms with van der Waals surface area (Å²) in [6.07, 6.45) is 1.14. The molecule has 6 nitrogen and oxygen atoms in total. The van der Waals surface area contributed by atoms with Crippen molar-refractivity contribution in [1.82, 2.24) is 14.9 Å². The summed E-state index contributed by atoms with van der Waals surface area (Å²) in [4.78, 5) is 24.2. The monoisotopic (exact) mass is 376 g/mol. The molecule has 0 unspecified atom stereocenters. The summed E-state index contributed by atoms with van der Waals surface area (Å²) in [7, 11) is 0. The molecule has 3 heterocycles. The lowest BCUT2D eigenvalue weighted by molar-refractivity contribution is 0.122. The third-order valence-electron chi connectivity index (χ3n) is 5.17. The van der Waals surface area contributed by atoms with E-state index in [1.54, 1.807) is 6.07 Å². The minimum absolute atomic E-state index is 0.111. The van der Waals surface area contributed by atoms with Gasteiger partial charge in [0.2, 0.25) is 5.95 Å². The number of halogens is 2. The van der Waals surface area contributed by atoms with Crippen LogP contribution in [0.3, 0.4) is 0 Å². The van der Waals surface area contributed by atoms with E-state index in [0.29, 0.717) is 75.9 Å². The first-order valence-corrected chi connectivity index (χ1v) is 9.22. The second-order valence-corrected chi connectivity index (χ2v) is 6.90. The van der Waals surface area contributed by atoms with Crippen LogP contribution in [0.15, 0.2) is 23.0 Å². The van der Waals surface area contributed by atoms with E-state index in [4.69, 9.17) is 4.74 Å². The van der Waals surface area contributed by atoms with Crippen LogP contribution in [0.2, 0.25) is 0 Å². The Bertz CT molecular complexity index is 880. The molecule has 2 aliphatic rings. The fraction of sp³-hybridized carbons (Fsp3) is 0.474. The van der Waals surface area contributed by atoms with E-state index in [1.807, 2.05) is 9.80 Å². The first kappa shape index (κ1) is 18.1. The van der Waals surface area contributed by atoms with Gasteiger partial charge in [0, 0.05) is 50.3 Å². The quantitative estimate of drug-likeness (QED) is 0.880. The molecular weight excluding hydrogens is 354 g/mol. The van der Waals surface area contributed by atoms with E-state index >= 15 is 0 Å².